The minimum absolute atomic E-state index is 0.0238. The Labute approximate surface area is 152 Å². The maximum absolute atomic E-state index is 12.6. The van der Waals surface area contributed by atoms with E-state index in [2.05, 4.69) is 15.6 Å². The summed E-state index contributed by atoms with van der Waals surface area (Å²) < 4.78 is 1.54. The molecule has 1 saturated heterocycles. The fraction of sp³-hybridized carbons (Fsp3) is 0.474. The van der Waals surface area contributed by atoms with Gasteiger partial charge in [0, 0.05) is 13.1 Å². The highest BCUT2D eigenvalue weighted by atomic mass is 16.2. The van der Waals surface area contributed by atoms with Gasteiger partial charge in [0.05, 0.1) is 11.9 Å². The second-order valence-corrected chi connectivity index (χ2v) is 7.40. The number of hydrogen-bond donors (Lipinski definition) is 1. The molecular weight excluding hydrogens is 330 g/mol. The van der Waals surface area contributed by atoms with Crippen molar-refractivity contribution in [2.24, 2.45) is 5.41 Å². The molecule has 2 amide bonds. The monoisotopic (exact) mass is 353 g/mol. The van der Waals surface area contributed by atoms with Gasteiger partial charge in [-0.2, -0.15) is 0 Å². The van der Waals surface area contributed by atoms with Crippen molar-refractivity contribution in [1.29, 1.82) is 0 Å². The number of nitrogens with zero attached hydrogens (tertiary/aromatic N) is 4. The fourth-order valence-electron chi connectivity index (χ4n) is 3.56. The summed E-state index contributed by atoms with van der Waals surface area (Å²) >= 11 is 0. The number of piperidine rings is 1. The maximum Gasteiger partial charge on any atom is 0.274 e. The normalized spacial score (nSPS) is 19.2. The maximum atomic E-state index is 12.6. The number of carbonyl (C=O) groups excluding carboxylic acids is 2. The van der Waals surface area contributed by atoms with E-state index in [1.54, 1.807) is 17.8 Å². The molecule has 136 valence electrons. The molecular formula is C19H23N5O2. The number of likely N-dealkylation sites (tertiary alicyclic amines) is 1. The number of aromatic nitrogens is 3. The molecule has 1 saturated carbocycles. The third kappa shape index (κ3) is 3.34. The van der Waals surface area contributed by atoms with E-state index in [9.17, 15) is 9.59 Å². The van der Waals surface area contributed by atoms with Crippen LogP contribution in [0.15, 0.2) is 36.5 Å². The Kier molecular flexibility index (Phi) is 4.22. The number of nitrogens with one attached hydrogen (secondary N) is 1. The molecule has 2 aliphatic rings. The Bertz CT molecular complexity index is 802. The lowest BCUT2D eigenvalue weighted by molar-refractivity contribution is -0.134. The van der Waals surface area contributed by atoms with Crippen molar-refractivity contribution in [2.45, 2.75) is 38.6 Å². The van der Waals surface area contributed by atoms with Gasteiger partial charge in [0.2, 0.25) is 5.91 Å². The quantitative estimate of drug-likeness (QED) is 0.909. The van der Waals surface area contributed by atoms with E-state index in [-0.39, 0.29) is 17.5 Å². The molecule has 2 aromatic rings. The average Bonchev–Trinajstić information content (AvgIpc) is 3.23. The summed E-state index contributed by atoms with van der Waals surface area (Å²) in [4.78, 5) is 26.9. The highest BCUT2D eigenvalue weighted by molar-refractivity contribution is 5.95. The predicted octanol–water partition coefficient (Wildman–Crippen LogP) is 1.79. The van der Waals surface area contributed by atoms with Gasteiger partial charge in [0.25, 0.3) is 5.91 Å². The summed E-state index contributed by atoms with van der Waals surface area (Å²) in [5.74, 6) is -0.409. The first kappa shape index (κ1) is 16.8. The smallest absolute Gasteiger partial charge is 0.274 e. The number of rotatable bonds is 4. The van der Waals surface area contributed by atoms with E-state index in [1.165, 1.54) is 12.8 Å². The van der Waals surface area contributed by atoms with Crippen molar-refractivity contribution in [3.8, 4) is 5.69 Å². The summed E-state index contributed by atoms with van der Waals surface area (Å²) in [6, 6.07) is 8.88. The van der Waals surface area contributed by atoms with Gasteiger partial charge in [-0.25, -0.2) is 4.68 Å². The van der Waals surface area contributed by atoms with Crippen LogP contribution in [-0.2, 0) is 4.79 Å². The van der Waals surface area contributed by atoms with Crippen LogP contribution in [0.25, 0.3) is 5.69 Å². The number of hydrogen-bond acceptors (Lipinski definition) is 4. The summed E-state index contributed by atoms with van der Waals surface area (Å²) in [5, 5.41) is 10.7. The number of para-hydroxylation sites is 1. The molecule has 1 aliphatic heterocycles. The average molecular weight is 353 g/mol. The minimum atomic E-state index is -0.572. The van der Waals surface area contributed by atoms with Crippen LogP contribution >= 0.6 is 0 Å². The van der Waals surface area contributed by atoms with Gasteiger partial charge in [-0.15, -0.1) is 5.10 Å². The van der Waals surface area contributed by atoms with E-state index in [1.807, 2.05) is 35.2 Å². The molecule has 7 heteroatoms. The van der Waals surface area contributed by atoms with Gasteiger partial charge < -0.3 is 10.2 Å². The zero-order valence-electron chi connectivity index (χ0n) is 14.9. The Morgan fingerprint density at radius 1 is 1.12 bits per heavy atom. The van der Waals surface area contributed by atoms with Crippen LogP contribution in [0.3, 0.4) is 0 Å². The molecule has 0 radical (unpaired) electrons. The third-order valence-corrected chi connectivity index (χ3v) is 5.56. The standard InChI is InChI=1S/C19H23N5O2/c1-14(18(26)23-11-9-19(7-8-19)10-12-23)20-17(25)16-13-24(22-21-16)15-5-3-2-4-6-15/h2-6,13-14H,7-12H2,1H3,(H,20,25)/t14-/m0/s1. The van der Waals surface area contributed by atoms with Crippen molar-refractivity contribution < 1.29 is 9.59 Å². The summed E-state index contributed by atoms with van der Waals surface area (Å²) in [7, 11) is 0. The zero-order valence-corrected chi connectivity index (χ0v) is 14.9. The molecule has 1 aromatic carbocycles. The van der Waals surface area contributed by atoms with E-state index in [0.717, 1.165) is 31.6 Å². The Balaban J connectivity index is 1.35. The lowest BCUT2D eigenvalue weighted by atomic mass is 9.93. The van der Waals surface area contributed by atoms with E-state index >= 15 is 0 Å². The number of carbonyl (C=O) groups is 2. The van der Waals surface area contributed by atoms with Crippen LogP contribution in [-0.4, -0.2) is 50.8 Å². The fourth-order valence-corrected chi connectivity index (χ4v) is 3.56. The molecule has 1 aliphatic carbocycles. The minimum Gasteiger partial charge on any atom is -0.341 e. The first-order valence-corrected chi connectivity index (χ1v) is 9.14. The number of amides is 2. The molecule has 4 rings (SSSR count). The van der Waals surface area contributed by atoms with Crippen LogP contribution in [0.4, 0.5) is 0 Å². The van der Waals surface area contributed by atoms with E-state index < -0.39 is 6.04 Å². The first-order chi connectivity index (χ1) is 12.6. The van der Waals surface area contributed by atoms with Crippen LogP contribution in [0, 0.1) is 5.41 Å². The summed E-state index contributed by atoms with van der Waals surface area (Å²) in [5.41, 5.74) is 1.55. The SMILES string of the molecule is C[C@H](NC(=O)c1cn(-c2ccccc2)nn1)C(=O)N1CCC2(CC1)CC2. The van der Waals surface area contributed by atoms with Gasteiger partial charge in [-0.05, 0) is 50.2 Å². The summed E-state index contributed by atoms with van der Waals surface area (Å²) in [6.07, 6.45) is 6.35. The van der Waals surface area contributed by atoms with Crippen molar-refractivity contribution in [2.75, 3.05) is 13.1 Å². The zero-order chi connectivity index (χ0) is 18.1. The van der Waals surface area contributed by atoms with Gasteiger partial charge in [-0.3, -0.25) is 9.59 Å². The van der Waals surface area contributed by atoms with Gasteiger partial charge in [0.15, 0.2) is 5.69 Å². The highest BCUT2D eigenvalue weighted by Gasteiger charge is 2.45. The largest absolute Gasteiger partial charge is 0.341 e. The van der Waals surface area contributed by atoms with Gasteiger partial charge in [-0.1, -0.05) is 23.4 Å². The predicted molar refractivity (Wildman–Crippen MR) is 95.8 cm³/mol. The highest BCUT2D eigenvalue weighted by Crippen LogP contribution is 2.53. The lowest BCUT2D eigenvalue weighted by Crippen LogP contribution is -2.49. The van der Waals surface area contributed by atoms with Crippen LogP contribution < -0.4 is 5.32 Å². The van der Waals surface area contributed by atoms with Crippen LogP contribution in [0.1, 0.15) is 43.1 Å². The molecule has 0 bridgehead atoms. The Hall–Kier alpha value is -2.70. The Morgan fingerprint density at radius 2 is 1.81 bits per heavy atom. The van der Waals surface area contributed by atoms with Gasteiger partial charge in [0.1, 0.15) is 6.04 Å². The molecule has 2 fully saturated rings. The molecule has 7 nitrogen and oxygen atoms in total. The Morgan fingerprint density at radius 3 is 2.46 bits per heavy atom. The summed E-state index contributed by atoms with van der Waals surface area (Å²) in [6.45, 7) is 3.32. The van der Waals surface area contributed by atoms with Crippen molar-refractivity contribution in [3.05, 3.63) is 42.2 Å². The lowest BCUT2D eigenvalue weighted by Gasteiger charge is -2.33. The van der Waals surface area contributed by atoms with Crippen LogP contribution in [0.2, 0.25) is 0 Å². The second kappa shape index (κ2) is 6.55. The van der Waals surface area contributed by atoms with Crippen LogP contribution in [0.5, 0.6) is 0 Å². The van der Waals surface area contributed by atoms with Crippen molar-refractivity contribution >= 4 is 11.8 Å². The molecule has 26 heavy (non-hydrogen) atoms. The van der Waals surface area contributed by atoms with E-state index in [4.69, 9.17) is 0 Å². The van der Waals surface area contributed by atoms with Crippen molar-refractivity contribution in [1.82, 2.24) is 25.2 Å². The molecule has 1 spiro atoms. The molecule has 1 N–H and O–H groups in total. The topological polar surface area (TPSA) is 80.1 Å². The second-order valence-electron chi connectivity index (χ2n) is 7.40. The molecule has 2 heterocycles. The van der Waals surface area contributed by atoms with Crippen molar-refractivity contribution in [3.63, 3.8) is 0 Å². The first-order valence-electron chi connectivity index (χ1n) is 9.14. The molecule has 1 atom stereocenters. The molecule has 0 unspecified atom stereocenters. The third-order valence-electron chi connectivity index (χ3n) is 5.56. The number of benzene rings is 1. The molecule has 1 aromatic heterocycles. The van der Waals surface area contributed by atoms with E-state index in [0.29, 0.717) is 5.41 Å². The van der Waals surface area contributed by atoms with Gasteiger partial charge >= 0.3 is 0 Å².